The molecule has 18 heavy (non-hydrogen) atoms. The lowest BCUT2D eigenvalue weighted by molar-refractivity contribution is 0.590. The second-order valence-corrected chi connectivity index (χ2v) is 5.56. The number of anilines is 2. The van der Waals surface area contributed by atoms with Gasteiger partial charge in [-0.25, -0.2) is 0 Å². The molecule has 2 aromatic rings. The van der Waals surface area contributed by atoms with Gasteiger partial charge < -0.3 is 4.90 Å². The standard InChI is InChI=1S/C16H20N2/c1-16(2,3)13-5-7-14(8-6-13)18(4)15-9-11-17-12-10-15/h5-12H,1-4H3. The SMILES string of the molecule is CN(c1ccncc1)c1ccc(C(C)(C)C)cc1. The fraction of sp³-hybridized carbons (Fsp3) is 0.312. The molecule has 0 aliphatic rings. The van der Waals surface area contributed by atoms with Crippen molar-refractivity contribution in [1.82, 2.24) is 4.98 Å². The lowest BCUT2D eigenvalue weighted by atomic mass is 9.87. The normalized spacial score (nSPS) is 11.3. The summed E-state index contributed by atoms with van der Waals surface area (Å²) in [6.07, 6.45) is 3.63. The highest BCUT2D eigenvalue weighted by atomic mass is 15.1. The van der Waals surface area contributed by atoms with Crippen molar-refractivity contribution in [2.24, 2.45) is 0 Å². The summed E-state index contributed by atoms with van der Waals surface area (Å²) in [7, 11) is 2.07. The first-order valence-electron chi connectivity index (χ1n) is 6.23. The molecule has 0 unspecified atom stereocenters. The van der Waals surface area contributed by atoms with Gasteiger partial charge >= 0.3 is 0 Å². The molecule has 0 N–H and O–H groups in total. The molecule has 0 saturated heterocycles. The van der Waals surface area contributed by atoms with E-state index in [0.29, 0.717) is 0 Å². The molecule has 2 heteroatoms. The van der Waals surface area contributed by atoms with Gasteiger partial charge in [-0.05, 0) is 35.2 Å². The Bertz CT molecular complexity index is 495. The quantitative estimate of drug-likeness (QED) is 0.784. The highest BCUT2D eigenvalue weighted by Gasteiger charge is 2.13. The molecule has 0 radical (unpaired) electrons. The first-order valence-corrected chi connectivity index (χ1v) is 6.23. The molecule has 1 aromatic carbocycles. The van der Waals surface area contributed by atoms with Crippen molar-refractivity contribution in [3.63, 3.8) is 0 Å². The molecular weight excluding hydrogens is 220 g/mol. The van der Waals surface area contributed by atoms with Crippen LogP contribution in [0, 0.1) is 0 Å². The van der Waals surface area contributed by atoms with Gasteiger partial charge in [0.25, 0.3) is 0 Å². The van der Waals surface area contributed by atoms with Crippen molar-refractivity contribution in [2.75, 3.05) is 11.9 Å². The lowest BCUT2D eigenvalue weighted by Gasteiger charge is -2.22. The van der Waals surface area contributed by atoms with E-state index >= 15 is 0 Å². The zero-order chi connectivity index (χ0) is 13.2. The molecule has 1 heterocycles. The summed E-state index contributed by atoms with van der Waals surface area (Å²) in [5.41, 5.74) is 3.89. The summed E-state index contributed by atoms with van der Waals surface area (Å²) < 4.78 is 0. The van der Waals surface area contributed by atoms with E-state index in [1.165, 1.54) is 11.3 Å². The molecule has 0 atom stereocenters. The summed E-state index contributed by atoms with van der Waals surface area (Å²) in [6, 6.07) is 12.8. The third kappa shape index (κ3) is 2.70. The van der Waals surface area contributed by atoms with Gasteiger partial charge in [0.15, 0.2) is 0 Å². The minimum absolute atomic E-state index is 0.202. The fourth-order valence-electron chi connectivity index (χ4n) is 1.90. The van der Waals surface area contributed by atoms with Crippen LogP contribution in [0.4, 0.5) is 11.4 Å². The number of nitrogens with zero attached hydrogens (tertiary/aromatic N) is 2. The van der Waals surface area contributed by atoms with E-state index < -0.39 is 0 Å². The Balaban J connectivity index is 2.25. The summed E-state index contributed by atoms with van der Waals surface area (Å²) in [6.45, 7) is 6.69. The van der Waals surface area contributed by atoms with Gasteiger partial charge in [-0.2, -0.15) is 0 Å². The van der Waals surface area contributed by atoms with Crippen LogP contribution in [0.1, 0.15) is 26.3 Å². The Hall–Kier alpha value is -1.83. The summed E-state index contributed by atoms with van der Waals surface area (Å²) >= 11 is 0. The zero-order valence-corrected chi connectivity index (χ0v) is 11.5. The van der Waals surface area contributed by atoms with Crippen LogP contribution in [0.15, 0.2) is 48.8 Å². The van der Waals surface area contributed by atoms with E-state index in [-0.39, 0.29) is 5.41 Å². The van der Waals surface area contributed by atoms with Gasteiger partial charge in [0.05, 0.1) is 0 Å². The highest BCUT2D eigenvalue weighted by molar-refractivity contribution is 5.62. The van der Waals surface area contributed by atoms with Gasteiger partial charge in [-0.3, -0.25) is 4.98 Å². The van der Waals surface area contributed by atoms with Crippen molar-refractivity contribution in [3.05, 3.63) is 54.4 Å². The van der Waals surface area contributed by atoms with Crippen molar-refractivity contribution < 1.29 is 0 Å². The first kappa shape index (κ1) is 12.6. The third-order valence-corrected chi connectivity index (χ3v) is 3.17. The Morgan fingerprint density at radius 1 is 0.833 bits per heavy atom. The predicted molar refractivity (Wildman–Crippen MR) is 77.4 cm³/mol. The molecule has 1 aromatic heterocycles. The van der Waals surface area contributed by atoms with Crippen molar-refractivity contribution >= 4 is 11.4 Å². The van der Waals surface area contributed by atoms with Gasteiger partial charge in [0.1, 0.15) is 0 Å². The number of pyridine rings is 1. The van der Waals surface area contributed by atoms with Gasteiger partial charge in [-0.15, -0.1) is 0 Å². The first-order chi connectivity index (χ1) is 8.48. The molecule has 0 spiro atoms. The molecular formula is C16H20N2. The number of rotatable bonds is 2. The van der Waals surface area contributed by atoms with E-state index in [1.54, 1.807) is 0 Å². The van der Waals surface area contributed by atoms with E-state index in [1.807, 2.05) is 24.5 Å². The number of benzene rings is 1. The van der Waals surface area contributed by atoms with Crippen LogP contribution >= 0.6 is 0 Å². The van der Waals surface area contributed by atoms with Crippen molar-refractivity contribution in [2.45, 2.75) is 26.2 Å². The molecule has 0 fully saturated rings. The number of aromatic nitrogens is 1. The Labute approximate surface area is 109 Å². The van der Waals surface area contributed by atoms with Crippen molar-refractivity contribution in [3.8, 4) is 0 Å². The summed E-state index contributed by atoms with van der Waals surface area (Å²) in [5, 5.41) is 0. The maximum Gasteiger partial charge on any atom is 0.0438 e. The molecule has 0 aliphatic carbocycles. The molecule has 0 saturated carbocycles. The lowest BCUT2D eigenvalue weighted by Crippen LogP contribution is -2.12. The minimum Gasteiger partial charge on any atom is -0.345 e. The zero-order valence-electron chi connectivity index (χ0n) is 11.5. The Morgan fingerprint density at radius 3 is 1.83 bits per heavy atom. The van der Waals surface area contributed by atoms with E-state index in [9.17, 15) is 0 Å². The third-order valence-electron chi connectivity index (χ3n) is 3.17. The smallest absolute Gasteiger partial charge is 0.0438 e. The molecule has 2 rings (SSSR count). The van der Waals surface area contributed by atoms with E-state index in [0.717, 1.165) is 5.69 Å². The largest absolute Gasteiger partial charge is 0.345 e. The van der Waals surface area contributed by atoms with Gasteiger partial charge in [-0.1, -0.05) is 32.9 Å². The fourth-order valence-corrected chi connectivity index (χ4v) is 1.90. The van der Waals surface area contributed by atoms with Gasteiger partial charge in [0, 0.05) is 30.8 Å². The maximum atomic E-state index is 4.04. The highest BCUT2D eigenvalue weighted by Crippen LogP contribution is 2.27. The topological polar surface area (TPSA) is 16.1 Å². The van der Waals surface area contributed by atoms with Crippen LogP contribution in [-0.4, -0.2) is 12.0 Å². The van der Waals surface area contributed by atoms with Crippen LogP contribution in [-0.2, 0) is 5.41 Å². The molecule has 94 valence electrons. The van der Waals surface area contributed by atoms with E-state index in [2.05, 4.69) is 62.0 Å². The molecule has 0 bridgehead atoms. The Morgan fingerprint density at radius 2 is 1.33 bits per heavy atom. The predicted octanol–water partition coefficient (Wildman–Crippen LogP) is 4.15. The van der Waals surface area contributed by atoms with Crippen LogP contribution in [0.25, 0.3) is 0 Å². The average Bonchev–Trinajstić information content (AvgIpc) is 2.38. The number of hydrogen-bond donors (Lipinski definition) is 0. The minimum atomic E-state index is 0.202. The van der Waals surface area contributed by atoms with E-state index in [4.69, 9.17) is 0 Å². The maximum absolute atomic E-state index is 4.04. The Kier molecular flexibility index (Phi) is 3.37. The summed E-state index contributed by atoms with van der Waals surface area (Å²) in [5.74, 6) is 0. The molecule has 2 nitrogen and oxygen atoms in total. The summed E-state index contributed by atoms with van der Waals surface area (Å²) in [4.78, 5) is 6.20. The van der Waals surface area contributed by atoms with Crippen LogP contribution < -0.4 is 4.90 Å². The average molecular weight is 240 g/mol. The second kappa shape index (κ2) is 4.81. The van der Waals surface area contributed by atoms with Crippen molar-refractivity contribution in [1.29, 1.82) is 0 Å². The van der Waals surface area contributed by atoms with Crippen LogP contribution in [0.2, 0.25) is 0 Å². The molecule has 0 aliphatic heterocycles. The second-order valence-electron chi connectivity index (χ2n) is 5.56. The van der Waals surface area contributed by atoms with Gasteiger partial charge in [0.2, 0.25) is 0 Å². The van der Waals surface area contributed by atoms with Crippen LogP contribution in [0.5, 0.6) is 0 Å². The molecule has 0 amide bonds. The monoisotopic (exact) mass is 240 g/mol. The van der Waals surface area contributed by atoms with Crippen LogP contribution in [0.3, 0.4) is 0 Å². The number of hydrogen-bond acceptors (Lipinski definition) is 2.